The van der Waals surface area contributed by atoms with Crippen molar-refractivity contribution in [1.29, 1.82) is 5.26 Å². The first-order chi connectivity index (χ1) is 14.7. The number of rotatable bonds is 7. The van der Waals surface area contributed by atoms with Gasteiger partial charge in [-0.3, -0.25) is 9.59 Å². The number of amides is 2. The van der Waals surface area contributed by atoms with Gasteiger partial charge in [-0.05, 0) is 36.6 Å². The van der Waals surface area contributed by atoms with E-state index < -0.39 is 33.9 Å². The number of nitriles is 1. The third kappa shape index (κ3) is 5.05. The summed E-state index contributed by atoms with van der Waals surface area (Å²) in [6.07, 6.45) is 0.477. The van der Waals surface area contributed by atoms with Crippen molar-refractivity contribution in [1.82, 2.24) is 9.62 Å². The van der Waals surface area contributed by atoms with Crippen molar-refractivity contribution < 1.29 is 18.0 Å². The van der Waals surface area contributed by atoms with E-state index >= 15 is 0 Å². The van der Waals surface area contributed by atoms with Gasteiger partial charge in [0.05, 0.1) is 17.4 Å². The van der Waals surface area contributed by atoms with E-state index in [1.54, 1.807) is 24.3 Å². The predicted molar refractivity (Wildman–Crippen MR) is 115 cm³/mol. The van der Waals surface area contributed by atoms with Crippen molar-refractivity contribution in [2.24, 2.45) is 5.73 Å². The average molecular weight is 461 g/mol. The number of hydrogen-bond acceptors (Lipinski definition) is 5. The van der Waals surface area contributed by atoms with Crippen molar-refractivity contribution >= 4 is 33.4 Å². The van der Waals surface area contributed by atoms with E-state index in [2.05, 4.69) is 5.32 Å². The number of hydrogen-bond donors (Lipinski definition) is 2. The molecular formula is C21H21ClN4O4S. The molecule has 3 N–H and O–H groups in total. The lowest BCUT2D eigenvalue weighted by atomic mass is 10.1. The van der Waals surface area contributed by atoms with Gasteiger partial charge in [-0.25, -0.2) is 8.42 Å². The van der Waals surface area contributed by atoms with E-state index in [1.165, 1.54) is 12.1 Å². The molecule has 0 unspecified atom stereocenters. The van der Waals surface area contributed by atoms with Crippen LogP contribution in [-0.4, -0.2) is 43.2 Å². The fourth-order valence-electron chi connectivity index (χ4n) is 3.53. The lowest BCUT2D eigenvalue weighted by Crippen LogP contribution is -2.49. The molecule has 1 heterocycles. The van der Waals surface area contributed by atoms with Gasteiger partial charge >= 0.3 is 0 Å². The SMILES string of the molecule is N#C[C@H](CC(N)=O)NC(=O)[C@@H]1CCCN1S(=O)(=O)c1ccc(-c2ccccc2Cl)cc1. The zero-order valence-electron chi connectivity index (χ0n) is 16.5. The van der Waals surface area contributed by atoms with Crippen molar-refractivity contribution in [2.75, 3.05) is 6.54 Å². The van der Waals surface area contributed by atoms with Crippen LogP contribution in [0.5, 0.6) is 0 Å². The summed E-state index contributed by atoms with van der Waals surface area (Å²) in [5.74, 6) is -1.36. The topological polar surface area (TPSA) is 133 Å². The number of primary amides is 1. The molecule has 0 aliphatic carbocycles. The third-order valence-corrected chi connectivity index (χ3v) is 7.28. The number of benzene rings is 2. The first-order valence-electron chi connectivity index (χ1n) is 9.59. The fraction of sp³-hybridized carbons (Fsp3) is 0.286. The van der Waals surface area contributed by atoms with Gasteiger partial charge in [0.15, 0.2) is 0 Å². The van der Waals surface area contributed by atoms with Gasteiger partial charge in [0.2, 0.25) is 21.8 Å². The van der Waals surface area contributed by atoms with E-state index in [1.807, 2.05) is 18.2 Å². The summed E-state index contributed by atoms with van der Waals surface area (Å²) in [6.45, 7) is 0.180. The molecule has 10 heteroatoms. The Labute approximate surface area is 185 Å². The fourth-order valence-corrected chi connectivity index (χ4v) is 5.43. The summed E-state index contributed by atoms with van der Waals surface area (Å²) >= 11 is 6.21. The lowest BCUT2D eigenvalue weighted by molar-refractivity contribution is -0.125. The Hall–Kier alpha value is -2.93. The second kappa shape index (κ2) is 9.47. The molecule has 0 aromatic heterocycles. The van der Waals surface area contributed by atoms with E-state index in [4.69, 9.17) is 22.6 Å². The van der Waals surface area contributed by atoms with Gasteiger partial charge in [0.1, 0.15) is 12.1 Å². The van der Waals surface area contributed by atoms with Crippen LogP contribution < -0.4 is 11.1 Å². The molecule has 0 radical (unpaired) electrons. The number of nitrogens with two attached hydrogens (primary N) is 1. The summed E-state index contributed by atoms with van der Waals surface area (Å²) in [4.78, 5) is 23.7. The minimum atomic E-state index is -3.94. The molecule has 162 valence electrons. The highest BCUT2D eigenvalue weighted by atomic mass is 35.5. The summed E-state index contributed by atoms with van der Waals surface area (Å²) < 4.78 is 27.5. The molecule has 2 amide bonds. The van der Waals surface area contributed by atoms with Gasteiger partial charge < -0.3 is 11.1 Å². The average Bonchev–Trinajstić information content (AvgIpc) is 3.24. The zero-order valence-corrected chi connectivity index (χ0v) is 18.1. The highest BCUT2D eigenvalue weighted by molar-refractivity contribution is 7.89. The molecule has 1 aliphatic heterocycles. The van der Waals surface area contributed by atoms with Crippen LogP contribution in [-0.2, 0) is 19.6 Å². The predicted octanol–water partition coefficient (Wildman–Crippen LogP) is 2.04. The second-order valence-corrected chi connectivity index (χ2v) is 9.44. The Balaban J connectivity index is 1.80. The van der Waals surface area contributed by atoms with Crippen LogP contribution in [0.25, 0.3) is 11.1 Å². The normalized spacial score (nSPS) is 17.6. The van der Waals surface area contributed by atoms with Crippen molar-refractivity contribution in [3.8, 4) is 17.2 Å². The summed E-state index contributed by atoms with van der Waals surface area (Å²) in [5, 5.41) is 12.1. The quantitative estimate of drug-likeness (QED) is 0.652. The van der Waals surface area contributed by atoms with E-state index in [9.17, 15) is 18.0 Å². The Morgan fingerprint density at radius 3 is 2.52 bits per heavy atom. The number of carbonyl (C=O) groups excluding carboxylic acids is 2. The smallest absolute Gasteiger partial charge is 0.243 e. The Kier molecular flexibility index (Phi) is 6.95. The summed E-state index contributed by atoms with van der Waals surface area (Å²) in [5.41, 5.74) is 6.63. The Bertz CT molecular complexity index is 1130. The molecular weight excluding hydrogens is 440 g/mol. The van der Waals surface area contributed by atoms with Crippen molar-refractivity contribution in [3.05, 3.63) is 53.6 Å². The number of nitrogens with zero attached hydrogens (tertiary/aromatic N) is 2. The van der Waals surface area contributed by atoms with Crippen molar-refractivity contribution in [2.45, 2.75) is 36.2 Å². The van der Waals surface area contributed by atoms with E-state index in [0.29, 0.717) is 17.9 Å². The minimum absolute atomic E-state index is 0.0528. The maximum absolute atomic E-state index is 13.2. The molecule has 31 heavy (non-hydrogen) atoms. The Morgan fingerprint density at radius 1 is 1.23 bits per heavy atom. The van der Waals surface area contributed by atoms with Gasteiger partial charge in [-0.2, -0.15) is 9.57 Å². The number of carbonyl (C=O) groups is 2. The molecule has 1 fully saturated rings. The minimum Gasteiger partial charge on any atom is -0.370 e. The standard InChI is InChI=1S/C21H21ClN4O4S/c22-18-5-2-1-4-17(18)14-7-9-16(10-8-14)31(29,30)26-11-3-6-19(26)21(28)25-15(13-23)12-20(24)27/h1-2,4-5,7-10,15,19H,3,6,11-12H2,(H2,24,27)(H,25,28)/t15-,19-/m0/s1. The Morgan fingerprint density at radius 2 is 1.90 bits per heavy atom. The largest absolute Gasteiger partial charge is 0.370 e. The van der Waals surface area contributed by atoms with Gasteiger partial charge in [0, 0.05) is 17.1 Å². The molecule has 2 aromatic rings. The lowest BCUT2D eigenvalue weighted by Gasteiger charge is -2.24. The molecule has 0 bridgehead atoms. The van der Waals surface area contributed by atoms with Crippen LogP contribution in [0.4, 0.5) is 0 Å². The monoisotopic (exact) mass is 460 g/mol. The van der Waals surface area contributed by atoms with Crippen LogP contribution in [0.1, 0.15) is 19.3 Å². The van der Waals surface area contributed by atoms with Crippen LogP contribution in [0.15, 0.2) is 53.4 Å². The van der Waals surface area contributed by atoms with Gasteiger partial charge in [-0.1, -0.05) is 41.9 Å². The highest BCUT2D eigenvalue weighted by Crippen LogP contribution is 2.30. The molecule has 1 aliphatic rings. The van der Waals surface area contributed by atoms with Crippen LogP contribution >= 0.6 is 11.6 Å². The maximum atomic E-state index is 13.2. The van der Waals surface area contributed by atoms with Crippen LogP contribution in [0, 0.1) is 11.3 Å². The van der Waals surface area contributed by atoms with Crippen LogP contribution in [0.2, 0.25) is 5.02 Å². The molecule has 3 rings (SSSR count). The summed E-state index contributed by atoms with van der Waals surface area (Å²) in [6, 6.07) is 13.2. The van der Waals surface area contributed by atoms with Gasteiger partial charge in [-0.15, -0.1) is 0 Å². The molecule has 0 spiro atoms. The molecule has 8 nitrogen and oxygen atoms in total. The first kappa shape index (κ1) is 22.7. The van der Waals surface area contributed by atoms with Gasteiger partial charge in [0.25, 0.3) is 0 Å². The first-order valence-corrected chi connectivity index (χ1v) is 11.4. The molecule has 2 aromatic carbocycles. The number of nitrogens with one attached hydrogen (secondary N) is 1. The maximum Gasteiger partial charge on any atom is 0.243 e. The number of halogens is 1. The molecule has 0 saturated carbocycles. The van der Waals surface area contributed by atoms with E-state index in [0.717, 1.165) is 15.4 Å². The highest BCUT2D eigenvalue weighted by Gasteiger charge is 2.40. The second-order valence-electron chi connectivity index (χ2n) is 7.14. The summed E-state index contributed by atoms with van der Waals surface area (Å²) in [7, 11) is -3.94. The zero-order chi connectivity index (χ0) is 22.6. The third-order valence-electron chi connectivity index (χ3n) is 5.03. The van der Waals surface area contributed by atoms with Crippen molar-refractivity contribution in [3.63, 3.8) is 0 Å². The van der Waals surface area contributed by atoms with Crippen LogP contribution in [0.3, 0.4) is 0 Å². The molecule has 2 atom stereocenters. The van der Waals surface area contributed by atoms with E-state index in [-0.39, 0.29) is 17.9 Å². The number of sulfonamides is 1. The molecule has 1 saturated heterocycles.